The molecule has 0 amide bonds. The molecular formula is C13H23ClN2O. The molecule has 0 aliphatic heterocycles. The van der Waals surface area contributed by atoms with Crippen LogP contribution in [0.3, 0.4) is 0 Å². The lowest BCUT2D eigenvalue weighted by molar-refractivity contribution is 0.135. The third-order valence-corrected chi connectivity index (χ3v) is 3.11. The molecule has 17 heavy (non-hydrogen) atoms. The van der Waals surface area contributed by atoms with Crippen molar-refractivity contribution >= 4 is 11.6 Å². The van der Waals surface area contributed by atoms with Crippen LogP contribution in [0.1, 0.15) is 50.0 Å². The minimum Gasteiger partial charge on any atom is -0.380 e. The summed E-state index contributed by atoms with van der Waals surface area (Å²) in [7, 11) is 0. The first-order chi connectivity index (χ1) is 8.15. The first-order valence-corrected chi connectivity index (χ1v) is 6.89. The van der Waals surface area contributed by atoms with Crippen LogP contribution in [0.2, 0.25) is 0 Å². The molecule has 1 atom stereocenters. The monoisotopic (exact) mass is 258 g/mol. The fraction of sp³-hybridized carbons (Fsp3) is 0.769. The maximum atomic E-state index is 6.26. The highest BCUT2D eigenvalue weighted by Gasteiger charge is 2.18. The van der Waals surface area contributed by atoms with Gasteiger partial charge in [0.1, 0.15) is 0 Å². The van der Waals surface area contributed by atoms with Crippen molar-refractivity contribution in [2.24, 2.45) is 0 Å². The van der Waals surface area contributed by atoms with Gasteiger partial charge in [0, 0.05) is 17.9 Å². The molecule has 0 saturated heterocycles. The quantitative estimate of drug-likeness (QED) is 0.554. The Balaban J connectivity index is 2.96. The Morgan fingerprint density at radius 1 is 1.29 bits per heavy atom. The molecule has 0 fully saturated rings. The van der Waals surface area contributed by atoms with E-state index in [9.17, 15) is 0 Å². The van der Waals surface area contributed by atoms with Crippen LogP contribution < -0.4 is 0 Å². The Bertz CT molecular complexity index is 347. The summed E-state index contributed by atoms with van der Waals surface area (Å²) in [4.78, 5) is 0. The van der Waals surface area contributed by atoms with E-state index in [-0.39, 0.29) is 5.38 Å². The van der Waals surface area contributed by atoms with E-state index < -0.39 is 0 Å². The van der Waals surface area contributed by atoms with Gasteiger partial charge in [-0.15, -0.1) is 11.6 Å². The van der Waals surface area contributed by atoms with Gasteiger partial charge in [0.15, 0.2) is 0 Å². The number of hydrogen-bond donors (Lipinski definition) is 0. The van der Waals surface area contributed by atoms with Gasteiger partial charge in [0.05, 0.1) is 24.2 Å². The van der Waals surface area contributed by atoms with Crippen LogP contribution >= 0.6 is 11.6 Å². The molecule has 0 saturated carbocycles. The molecule has 0 aromatic carbocycles. The van der Waals surface area contributed by atoms with Crippen LogP contribution in [0.25, 0.3) is 0 Å². The van der Waals surface area contributed by atoms with Gasteiger partial charge in [-0.25, -0.2) is 0 Å². The average molecular weight is 259 g/mol. The SMILES string of the molecule is CCOCCn1nc(CC)c(C(C)Cl)c1CC. The summed E-state index contributed by atoms with van der Waals surface area (Å²) >= 11 is 6.26. The number of aryl methyl sites for hydroxylation is 1. The molecule has 1 unspecified atom stereocenters. The Labute approximate surface area is 109 Å². The third-order valence-electron chi connectivity index (χ3n) is 2.89. The Morgan fingerprint density at radius 2 is 2.00 bits per heavy atom. The van der Waals surface area contributed by atoms with Gasteiger partial charge in [-0.05, 0) is 26.7 Å². The lowest BCUT2D eigenvalue weighted by Gasteiger charge is -2.09. The standard InChI is InChI=1S/C13H23ClN2O/c1-5-11-13(10(4)14)12(6-2)16(15-11)8-9-17-7-3/h10H,5-9H2,1-4H3. The Morgan fingerprint density at radius 3 is 2.47 bits per heavy atom. The number of aromatic nitrogens is 2. The Hall–Kier alpha value is -0.540. The second-order valence-electron chi connectivity index (χ2n) is 4.05. The molecule has 0 radical (unpaired) electrons. The molecule has 0 spiro atoms. The van der Waals surface area contributed by atoms with Crippen LogP contribution in [-0.2, 0) is 24.1 Å². The van der Waals surface area contributed by atoms with Gasteiger partial charge in [-0.3, -0.25) is 4.68 Å². The largest absolute Gasteiger partial charge is 0.380 e. The number of hydrogen-bond acceptors (Lipinski definition) is 2. The fourth-order valence-electron chi connectivity index (χ4n) is 2.14. The van der Waals surface area contributed by atoms with E-state index in [0.29, 0.717) is 6.61 Å². The number of ether oxygens (including phenoxy) is 1. The van der Waals surface area contributed by atoms with Crippen LogP contribution in [0, 0.1) is 0 Å². The van der Waals surface area contributed by atoms with Crippen LogP contribution in [-0.4, -0.2) is 23.0 Å². The molecule has 0 aliphatic rings. The van der Waals surface area contributed by atoms with Gasteiger partial charge in [0.2, 0.25) is 0 Å². The number of halogens is 1. The third kappa shape index (κ3) is 3.46. The highest BCUT2D eigenvalue weighted by atomic mass is 35.5. The summed E-state index contributed by atoms with van der Waals surface area (Å²) in [5, 5.41) is 4.67. The van der Waals surface area contributed by atoms with E-state index >= 15 is 0 Å². The predicted molar refractivity (Wildman–Crippen MR) is 71.7 cm³/mol. The molecule has 0 aliphatic carbocycles. The second kappa shape index (κ2) is 7.02. The van der Waals surface area contributed by atoms with Crippen molar-refractivity contribution < 1.29 is 4.74 Å². The molecule has 0 N–H and O–H groups in total. The summed E-state index contributed by atoms with van der Waals surface area (Å²) in [5.74, 6) is 0. The molecule has 4 heteroatoms. The second-order valence-corrected chi connectivity index (χ2v) is 4.70. The highest BCUT2D eigenvalue weighted by molar-refractivity contribution is 6.20. The lowest BCUT2D eigenvalue weighted by Crippen LogP contribution is -2.10. The maximum absolute atomic E-state index is 6.26. The van der Waals surface area contributed by atoms with Crippen molar-refractivity contribution in [3.8, 4) is 0 Å². The van der Waals surface area contributed by atoms with Crippen LogP contribution in [0.4, 0.5) is 0 Å². The average Bonchev–Trinajstić information content (AvgIpc) is 2.67. The minimum atomic E-state index is 0.0285. The summed E-state index contributed by atoms with van der Waals surface area (Å²) < 4.78 is 7.44. The zero-order valence-electron chi connectivity index (χ0n) is 11.3. The summed E-state index contributed by atoms with van der Waals surface area (Å²) in [6.45, 7) is 10.6. The van der Waals surface area contributed by atoms with Gasteiger partial charge in [-0.2, -0.15) is 5.10 Å². The van der Waals surface area contributed by atoms with Crippen LogP contribution in [0.5, 0.6) is 0 Å². The van der Waals surface area contributed by atoms with E-state index in [0.717, 1.165) is 31.7 Å². The molecule has 1 rings (SSSR count). The number of rotatable bonds is 7. The van der Waals surface area contributed by atoms with Crippen molar-refractivity contribution in [1.82, 2.24) is 9.78 Å². The molecule has 1 aromatic rings. The fourth-order valence-corrected chi connectivity index (χ4v) is 2.39. The van der Waals surface area contributed by atoms with Gasteiger partial charge in [0.25, 0.3) is 0 Å². The zero-order valence-corrected chi connectivity index (χ0v) is 12.0. The normalized spacial score (nSPS) is 13.0. The molecular weight excluding hydrogens is 236 g/mol. The van der Waals surface area contributed by atoms with Crippen molar-refractivity contribution in [2.75, 3.05) is 13.2 Å². The van der Waals surface area contributed by atoms with Crippen molar-refractivity contribution in [2.45, 2.75) is 52.5 Å². The summed E-state index contributed by atoms with van der Waals surface area (Å²) in [6, 6.07) is 0. The molecule has 1 heterocycles. The Kier molecular flexibility index (Phi) is 6.00. The maximum Gasteiger partial charge on any atom is 0.0671 e. The smallest absolute Gasteiger partial charge is 0.0671 e. The van der Waals surface area contributed by atoms with E-state index in [4.69, 9.17) is 16.3 Å². The summed E-state index contributed by atoms with van der Waals surface area (Å²) in [5.41, 5.74) is 3.60. The van der Waals surface area contributed by atoms with E-state index in [1.165, 1.54) is 11.3 Å². The summed E-state index contributed by atoms with van der Waals surface area (Å²) in [6.07, 6.45) is 1.90. The topological polar surface area (TPSA) is 27.1 Å². The van der Waals surface area contributed by atoms with Crippen LogP contribution in [0.15, 0.2) is 0 Å². The molecule has 98 valence electrons. The van der Waals surface area contributed by atoms with Gasteiger partial charge in [-0.1, -0.05) is 13.8 Å². The van der Waals surface area contributed by atoms with Crippen molar-refractivity contribution in [3.63, 3.8) is 0 Å². The molecule has 1 aromatic heterocycles. The van der Waals surface area contributed by atoms with E-state index in [2.05, 4.69) is 23.6 Å². The first-order valence-electron chi connectivity index (χ1n) is 6.45. The van der Waals surface area contributed by atoms with Gasteiger partial charge >= 0.3 is 0 Å². The lowest BCUT2D eigenvalue weighted by atomic mass is 10.1. The highest BCUT2D eigenvalue weighted by Crippen LogP contribution is 2.28. The van der Waals surface area contributed by atoms with E-state index in [1.54, 1.807) is 0 Å². The van der Waals surface area contributed by atoms with Gasteiger partial charge < -0.3 is 4.74 Å². The zero-order chi connectivity index (χ0) is 12.8. The van der Waals surface area contributed by atoms with Crippen molar-refractivity contribution in [1.29, 1.82) is 0 Å². The predicted octanol–water partition coefficient (Wildman–Crippen LogP) is 3.34. The molecule has 0 bridgehead atoms. The number of alkyl halides is 1. The molecule has 3 nitrogen and oxygen atoms in total. The first kappa shape index (κ1) is 14.5. The minimum absolute atomic E-state index is 0.0285. The number of nitrogens with zero attached hydrogens (tertiary/aromatic N) is 2. The van der Waals surface area contributed by atoms with E-state index in [1.807, 2.05) is 13.8 Å². The van der Waals surface area contributed by atoms with Crippen molar-refractivity contribution in [3.05, 3.63) is 17.0 Å².